The lowest BCUT2D eigenvalue weighted by molar-refractivity contribution is 0.133. The van der Waals surface area contributed by atoms with E-state index >= 15 is 0 Å². The molecule has 0 saturated carbocycles. The number of hydrogen-bond donors (Lipinski definition) is 1. The van der Waals surface area contributed by atoms with Crippen molar-refractivity contribution in [1.82, 2.24) is 9.97 Å². The molecular formula is C15H13N3O. The second kappa shape index (κ2) is 5.09. The van der Waals surface area contributed by atoms with Gasteiger partial charge in [-0.2, -0.15) is 0 Å². The summed E-state index contributed by atoms with van der Waals surface area (Å²) in [5.74, 6) is 3.24. The van der Waals surface area contributed by atoms with Gasteiger partial charge in [-0.1, -0.05) is 18.1 Å². The predicted octanol–water partition coefficient (Wildman–Crippen LogP) is 2.10. The molecule has 0 saturated heterocycles. The molecule has 4 heteroatoms. The number of fused-ring (bicyclic) bond motifs is 1. The van der Waals surface area contributed by atoms with Crippen molar-refractivity contribution in [3.63, 3.8) is 0 Å². The predicted molar refractivity (Wildman–Crippen MR) is 72.2 cm³/mol. The van der Waals surface area contributed by atoms with Crippen LogP contribution in [0.15, 0.2) is 30.5 Å². The van der Waals surface area contributed by atoms with Gasteiger partial charge in [0.1, 0.15) is 0 Å². The normalized spacial score (nSPS) is 12.8. The Morgan fingerprint density at radius 2 is 2.32 bits per heavy atom. The van der Waals surface area contributed by atoms with E-state index in [1.54, 1.807) is 0 Å². The van der Waals surface area contributed by atoms with Crippen LogP contribution in [0.1, 0.15) is 22.4 Å². The Hall–Kier alpha value is -2.38. The molecule has 1 N–H and O–H groups in total. The zero-order valence-corrected chi connectivity index (χ0v) is 10.4. The summed E-state index contributed by atoms with van der Waals surface area (Å²) in [4.78, 5) is 8.69. The highest BCUT2D eigenvalue weighted by atomic mass is 16.5. The molecule has 0 aliphatic carbocycles. The first-order valence-corrected chi connectivity index (χ1v) is 6.07. The smallest absolute Gasteiger partial charge is 0.223 e. The third kappa shape index (κ3) is 2.56. The van der Waals surface area contributed by atoms with Gasteiger partial charge in [0.2, 0.25) is 5.95 Å². The molecule has 0 fully saturated rings. The summed E-state index contributed by atoms with van der Waals surface area (Å²) in [5.41, 5.74) is 4.02. The quantitative estimate of drug-likeness (QED) is 0.849. The van der Waals surface area contributed by atoms with Crippen LogP contribution in [0.5, 0.6) is 0 Å². The van der Waals surface area contributed by atoms with Crippen molar-refractivity contribution in [2.45, 2.75) is 19.8 Å². The van der Waals surface area contributed by atoms with E-state index in [1.165, 1.54) is 0 Å². The summed E-state index contributed by atoms with van der Waals surface area (Å²) in [6.07, 6.45) is 7.19. The number of aromatic nitrogens is 2. The Morgan fingerprint density at radius 1 is 1.37 bits per heavy atom. The molecule has 1 aromatic carbocycles. The van der Waals surface area contributed by atoms with Gasteiger partial charge in [0.05, 0.1) is 18.9 Å². The van der Waals surface area contributed by atoms with E-state index < -0.39 is 0 Å². The topological polar surface area (TPSA) is 47.0 Å². The highest BCUT2D eigenvalue weighted by Crippen LogP contribution is 2.17. The first-order chi connectivity index (χ1) is 9.35. The Morgan fingerprint density at radius 3 is 3.21 bits per heavy atom. The summed E-state index contributed by atoms with van der Waals surface area (Å²) < 4.78 is 5.31. The van der Waals surface area contributed by atoms with Crippen LogP contribution in [-0.4, -0.2) is 9.97 Å². The Labute approximate surface area is 111 Å². The van der Waals surface area contributed by atoms with Crippen molar-refractivity contribution in [3.05, 3.63) is 52.8 Å². The Kier molecular flexibility index (Phi) is 3.13. The van der Waals surface area contributed by atoms with Crippen molar-refractivity contribution in [2.75, 3.05) is 5.32 Å². The first kappa shape index (κ1) is 11.7. The number of benzene rings is 1. The van der Waals surface area contributed by atoms with Gasteiger partial charge in [0.25, 0.3) is 0 Å². The molecule has 4 nitrogen and oxygen atoms in total. The molecule has 0 amide bonds. The summed E-state index contributed by atoms with van der Waals surface area (Å²) >= 11 is 0. The number of ether oxygens (including phenoxy) is 1. The van der Waals surface area contributed by atoms with E-state index in [0.29, 0.717) is 25.7 Å². The minimum Gasteiger partial charge on any atom is -0.370 e. The van der Waals surface area contributed by atoms with Crippen LogP contribution in [0.3, 0.4) is 0 Å². The fraction of sp³-hybridized carbons (Fsp3) is 0.200. The summed E-state index contributed by atoms with van der Waals surface area (Å²) in [7, 11) is 0. The van der Waals surface area contributed by atoms with Gasteiger partial charge in [-0.15, -0.1) is 6.42 Å². The lowest BCUT2D eigenvalue weighted by atomic mass is 10.1. The Balaban J connectivity index is 1.70. The van der Waals surface area contributed by atoms with Gasteiger partial charge >= 0.3 is 0 Å². The molecule has 19 heavy (non-hydrogen) atoms. The molecule has 0 atom stereocenters. The number of terminal acetylenes is 1. The zero-order chi connectivity index (χ0) is 13.1. The lowest BCUT2D eigenvalue weighted by Gasteiger charge is -2.06. The van der Waals surface area contributed by atoms with Gasteiger partial charge in [0, 0.05) is 23.9 Å². The molecule has 3 rings (SSSR count). The van der Waals surface area contributed by atoms with Crippen molar-refractivity contribution in [2.24, 2.45) is 0 Å². The number of hydrogen-bond acceptors (Lipinski definition) is 4. The third-order valence-electron chi connectivity index (χ3n) is 2.99. The van der Waals surface area contributed by atoms with E-state index in [-0.39, 0.29) is 0 Å². The van der Waals surface area contributed by atoms with E-state index in [0.717, 1.165) is 22.4 Å². The number of nitrogens with zero attached hydrogens (tertiary/aromatic N) is 2. The average Bonchev–Trinajstić information content (AvgIpc) is 2.93. The molecule has 0 bridgehead atoms. The van der Waals surface area contributed by atoms with Crippen LogP contribution < -0.4 is 5.32 Å². The van der Waals surface area contributed by atoms with Crippen LogP contribution in [0.4, 0.5) is 5.95 Å². The number of nitrogens with one attached hydrogen (secondary N) is 1. The van der Waals surface area contributed by atoms with Crippen molar-refractivity contribution in [3.8, 4) is 12.3 Å². The zero-order valence-electron chi connectivity index (χ0n) is 10.4. The average molecular weight is 251 g/mol. The SMILES string of the molecule is C#Cc1cccc(CNc2ncc3c(n2)COC3)c1. The molecule has 0 radical (unpaired) electrons. The minimum absolute atomic E-state index is 0.569. The fourth-order valence-corrected chi connectivity index (χ4v) is 1.98. The van der Waals surface area contributed by atoms with Crippen molar-refractivity contribution in [1.29, 1.82) is 0 Å². The van der Waals surface area contributed by atoms with Gasteiger partial charge in [-0.05, 0) is 17.7 Å². The molecule has 1 aliphatic heterocycles. The fourth-order valence-electron chi connectivity index (χ4n) is 1.98. The van der Waals surface area contributed by atoms with Gasteiger partial charge < -0.3 is 10.1 Å². The van der Waals surface area contributed by atoms with Crippen LogP contribution in [0.25, 0.3) is 0 Å². The number of anilines is 1. The standard InChI is InChI=1S/C15H13N3O/c1-2-11-4-3-5-12(6-11)7-16-15-17-8-13-9-19-10-14(13)18-15/h1,3-6,8H,7,9-10H2,(H,16,17,18). The van der Waals surface area contributed by atoms with Crippen LogP contribution in [0.2, 0.25) is 0 Å². The Bertz CT molecular complexity index is 646. The maximum atomic E-state index is 5.38. The second-order valence-corrected chi connectivity index (χ2v) is 4.36. The molecule has 1 aliphatic rings. The van der Waals surface area contributed by atoms with Gasteiger partial charge in [0.15, 0.2) is 0 Å². The first-order valence-electron chi connectivity index (χ1n) is 6.07. The molecule has 1 aromatic heterocycles. The molecule has 0 unspecified atom stereocenters. The summed E-state index contributed by atoms with van der Waals surface area (Å²) in [6.45, 7) is 1.83. The van der Waals surface area contributed by atoms with Crippen LogP contribution in [0, 0.1) is 12.3 Å². The molecule has 94 valence electrons. The minimum atomic E-state index is 0.569. The number of rotatable bonds is 3. The van der Waals surface area contributed by atoms with E-state index in [4.69, 9.17) is 11.2 Å². The third-order valence-corrected chi connectivity index (χ3v) is 2.99. The molecular weight excluding hydrogens is 238 g/mol. The maximum Gasteiger partial charge on any atom is 0.223 e. The van der Waals surface area contributed by atoms with Crippen molar-refractivity contribution < 1.29 is 4.74 Å². The second-order valence-electron chi connectivity index (χ2n) is 4.36. The highest BCUT2D eigenvalue weighted by molar-refractivity contribution is 5.37. The monoisotopic (exact) mass is 251 g/mol. The molecule has 2 heterocycles. The van der Waals surface area contributed by atoms with Crippen molar-refractivity contribution >= 4 is 5.95 Å². The van der Waals surface area contributed by atoms with Crippen LogP contribution >= 0.6 is 0 Å². The highest BCUT2D eigenvalue weighted by Gasteiger charge is 2.13. The summed E-state index contributed by atoms with van der Waals surface area (Å²) in [6, 6.07) is 7.85. The van der Waals surface area contributed by atoms with Crippen LogP contribution in [-0.2, 0) is 24.5 Å². The molecule has 2 aromatic rings. The molecule has 0 spiro atoms. The largest absolute Gasteiger partial charge is 0.370 e. The van der Waals surface area contributed by atoms with Gasteiger partial charge in [-0.25, -0.2) is 9.97 Å². The van der Waals surface area contributed by atoms with E-state index in [1.807, 2.05) is 30.5 Å². The lowest BCUT2D eigenvalue weighted by Crippen LogP contribution is -2.05. The van der Waals surface area contributed by atoms with E-state index in [2.05, 4.69) is 21.2 Å². The maximum absolute atomic E-state index is 5.38. The summed E-state index contributed by atoms with van der Waals surface area (Å²) in [5, 5.41) is 3.20. The van der Waals surface area contributed by atoms with Gasteiger partial charge in [-0.3, -0.25) is 0 Å². The van der Waals surface area contributed by atoms with E-state index in [9.17, 15) is 0 Å².